The van der Waals surface area contributed by atoms with Gasteiger partial charge in [-0.05, 0) is 65.7 Å². The quantitative estimate of drug-likeness (QED) is 0.162. The molecule has 6 aromatic carbocycles. The molecule has 55 heavy (non-hydrogen) atoms. The van der Waals surface area contributed by atoms with Crippen LogP contribution in [0.5, 0.6) is 11.5 Å². The van der Waals surface area contributed by atoms with Gasteiger partial charge < -0.3 is 13.9 Å². The Hall–Kier alpha value is -6.04. The Balaban J connectivity index is 0.00000397. The van der Waals surface area contributed by atoms with Crippen LogP contribution in [-0.4, -0.2) is 29.1 Å². The van der Waals surface area contributed by atoms with Crippen LogP contribution in [0.2, 0.25) is 0 Å². The van der Waals surface area contributed by atoms with Gasteiger partial charge >= 0.3 is 21.1 Å². The zero-order chi connectivity index (χ0) is 36.7. The molecule has 0 bridgehead atoms. The molecule has 0 spiro atoms. The van der Waals surface area contributed by atoms with Crippen molar-refractivity contribution in [3.05, 3.63) is 156 Å². The molecule has 0 aliphatic rings. The number of aryl methyl sites for hydroxylation is 2. The fraction of sp³-hybridized carbons (Fsp3) is 0.128. The topological polar surface area (TPSA) is 62.7 Å². The number of fused-ring (bicyclic) bond motifs is 7. The van der Waals surface area contributed by atoms with Crippen LogP contribution in [0, 0.1) is 26.0 Å². The monoisotopic (exact) mass is 895 g/mol. The summed E-state index contributed by atoms with van der Waals surface area (Å²) in [5, 5.41) is 13.5. The summed E-state index contributed by atoms with van der Waals surface area (Å²) < 4.78 is 13.1. The third kappa shape index (κ3) is 5.64. The Morgan fingerprint density at radius 2 is 1.31 bits per heavy atom. The van der Waals surface area contributed by atoms with Crippen LogP contribution >= 0.6 is 0 Å². The van der Waals surface area contributed by atoms with E-state index >= 15 is 0 Å². The normalized spacial score (nSPS) is 11.9. The molecule has 0 unspecified atom stereocenters. The van der Waals surface area contributed by atoms with Gasteiger partial charge in [-0.15, -0.1) is 46.4 Å². The van der Waals surface area contributed by atoms with Gasteiger partial charge in [-0.1, -0.05) is 98.2 Å². The minimum absolute atomic E-state index is 0. The molecule has 0 radical (unpaired) electrons. The molecule has 0 saturated heterocycles. The van der Waals surface area contributed by atoms with Gasteiger partial charge in [0.25, 0.3) is 0 Å². The molecule has 7 nitrogen and oxygen atoms in total. The van der Waals surface area contributed by atoms with Crippen LogP contribution in [0.4, 0.5) is 0 Å². The molecule has 0 aliphatic heterocycles. The Morgan fingerprint density at radius 3 is 2.05 bits per heavy atom. The van der Waals surface area contributed by atoms with E-state index in [1.807, 2.05) is 41.2 Å². The van der Waals surface area contributed by atoms with E-state index < -0.39 is 0 Å². The summed E-state index contributed by atoms with van der Waals surface area (Å²) in [6.45, 7) is 10.9. The molecule has 4 heterocycles. The van der Waals surface area contributed by atoms with E-state index in [4.69, 9.17) is 9.72 Å². The van der Waals surface area contributed by atoms with E-state index in [1.54, 1.807) is 0 Å². The van der Waals surface area contributed by atoms with Crippen molar-refractivity contribution in [3.63, 3.8) is 0 Å². The minimum atomic E-state index is -0.150. The minimum Gasteiger partial charge on any atom is -0.509 e. The first-order chi connectivity index (χ1) is 26.2. The number of benzene rings is 6. The summed E-state index contributed by atoms with van der Waals surface area (Å²) >= 11 is 0. The van der Waals surface area contributed by atoms with E-state index in [0.29, 0.717) is 11.5 Å². The van der Waals surface area contributed by atoms with Gasteiger partial charge in [0.2, 0.25) is 0 Å². The predicted octanol–water partition coefficient (Wildman–Crippen LogP) is 11.3. The molecule has 10 aromatic rings. The van der Waals surface area contributed by atoms with Crippen molar-refractivity contribution in [1.29, 1.82) is 0 Å². The maximum Gasteiger partial charge on any atom is 2.00 e. The second kappa shape index (κ2) is 13.1. The van der Waals surface area contributed by atoms with Crippen LogP contribution < -0.4 is 4.74 Å². The zero-order valence-electron chi connectivity index (χ0n) is 31.0. The molecule has 4 aromatic heterocycles. The molecule has 10 rings (SSSR count). The SMILES string of the molecule is Cc1cccc2c3cccc(C)c3n(-c3ccnc(-n4c5[c-]c(Oc6[c-]c(-n7nnc8ccccc87)cc(C(C)(C)C)c6)ccc5c5ccccc54)c3)c12.[Pt+2]. The maximum absolute atomic E-state index is 6.65. The molecule has 0 aliphatic carbocycles. The largest absolute Gasteiger partial charge is 2.00 e. The van der Waals surface area contributed by atoms with Crippen LogP contribution in [-0.2, 0) is 26.5 Å². The van der Waals surface area contributed by atoms with Crippen LogP contribution in [0.15, 0.2) is 128 Å². The number of rotatable bonds is 5. The molecule has 8 heteroatoms. The maximum atomic E-state index is 6.65. The Morgan fingerprint density at radius 1 is 0.618 bits per heavy atom. The van der Waals surface area contributed by atoms with Crippen LogP contribution in [0.25, 0.3) is 71.8 Å². The Kier molecular flexibility index (Phi) is 8.25. The van der Waals surface area contributed by atoms with E-state index in [0.717, 1.165) is 55.6 Å². The van der Waals surface area contributed by atoms with Gasteiger partial charge in [-0.2, -0.15) is 6.07 Å². The molecule has 270 valence electrons. The molecule has 0 amide bonds. The van der Waals surface area contributed by atoms with E-state index in [-0.39, 0.29) is 26.5 Å². The average molecular weight is 896 g/mol. The van der Waals surface area contributed by atoms with Crippen molar-refractivity contribution < 1.29 is 25.8 Å². The number of pyridine rings is 1. The van der Waals surface area contributed by atoms with Crippen molar-refractivity contribution in [2.75, 3.05) is 0 Å². The van der Waals surface area contributed by atoms with Gasteiger partial charge in [-0.3, -0.25) is 0 Å². The van der Waals surface area contributed by atoms with Crippen molar-refractivity contribution in [2.24, 2.45) is 0 Å². The molecule has 0 atom stereocenters. The number of hydrogen-bond donors (Lipinski definition) is 0. The van der Waals surface area contributed by atoms with Gasteiger partial charge in [0.05, 0.1) is 22.2 Å². The summed E-state index contributed by atoms with van der Waals surface area (Å²) in [4.78, 5) is 4.98. The summed E-state index contributed by atoms with van der Waals surface area (Å²) in [5.74, 6) is 1.95. The first-order valence-corrected chi connectivity index (χ1v) is 18.2. The third-order valence-corrected chi connectivity index (χ3v) is 10.5. The van der Waals surface area contributed by atoms with E-state index in [9.17, 15) is 0 Å². The van der Waals surface area contributed by atoms with Gasteiger partial charge in [0.1, 0.15) is 11.3 Å². The summed E-state index contributed by atoms with van der Waals surface area (Å²) in [5.41, 5.74) is 11.3. The number of ether oxygens (including phenoxy) is 1. The number of aromatic nitrogens is 6. The molecular formula is C47H36N6OPt. The standard InChI is InChI=1S/C47H36N6O.Pt/c1-29-12-10-15-38-39-16-11-13-30(2)46(39)51(45(29)38)32-22-23-48-44(27-32)52-41-18-8-6-14-36(41)37-21-20-34(28-43(37)52)54-35-25-31(47(3,4)5)24-33(26-35)53-42-19-9-7-17-40(42)49-50-53;/h6-25,27H,1-5H3;/q-2;+2. The van der Waals surface area contributed by atoms with Crippen LogP contribution in [0.1, 0.15) is 37.5 Å². The first kappa shape index (κ1) is 34.7. The number of para-hydroxylation sites is 4. The summed E-state index contributed by atoms with van der Waals surface area (Å²) in [6.07, 6.45) is 1.90. The summed E-state index contributed by atoms with van der Waals surface area (Å²) in [7, 11) is 0. The van der Waals surface area contributed by atoms with Crippen molar-refractivity contribution >= 4 is 54.6 Å². The smallest absolute Gasteiger partial charge is 0.509 e. The fourth-order valence-corrected chi connectivity index (χ4v) is 7.85. The second-order valence-electron chi connectivity index (χ2n) is 15.0. The van der Waals surface area contributed by atoms with Gasteiger partial charge in [0.15, 0.2) is 0 Å². The number of nitrogens with zero attached hydrogens (tertiary/aromatic N) is 6. The van der Waals surface area contributed by atoms with E-state index in [2.05, 4.69) is 157 Å². The van der Waals surface area contributed by atoms with Crippen LogP contribution in [0.3, 0.4) is 0 Å². The fourth-order valence-electron chi connectivity index (χ4n) is 7.85. The van der Waals surface area contributed by atoms with Gasteiger partial charge in [-0.25, -0.2) is 9.67 Å². The first-order valence-electron chi connectivity index (χ1n) is 18.2. The zero-order valence-corrected chi connectivity index (χ0v) is 33.3. The molecule has 0 fully saturated rings. The van der Waals surface area contributed by atoms with E-state index in [1.165, 1.54) is 32.9 Å². The third-order valence-electron chi connectivity index (χ3n) is 10.5. The number of hydrogen-bond acceptors (Lipinski definition) is 4. The Bertz CT molecular complexity index is 3050. The average Bonchev–Trinajstić information content (AvgIpc) is 3.86. The second-order valence-corrected chi connectivity index (χ2v) is 15.0. The molecule has 0 N–H and O–H groups in total. The molecule has 0 saturated carbocycles. The van der Waals surface area contributed by atoms with Crippen molar-refractivity contribution in [1.82, 2.24) is 29.1 Å². The van der Waals surface area contributed by atoms with Gasteiger partial charge in [0, 0.05) is 40.1 Å². The predicted molar refractivity (Wildman–Crippen MR) is 218 cm³/mol. The molecular weight excluding hydrogens is 860 g/mol. The van der Waals surface area contributed by atoms with Crippen molar-refractivity contribution in [2.45, 2.75) is 40.0 Å². The van der Waals surface area contributed by atoms with Crippen molar-refractivity contribution in [3.8, 4) is 28.7 Å². The Labute approximate surface area is 333 Å². The summed E-state index contributed by atoms with van der Waals surface area (Å²) in [6, 6.07) is 49.1.